The molecule has 110 valence electrons. The zero-order valence-electron chi connectivity index (χ0n) is 11.2. The van der Waals surface area contributed by atoms with E-state index >= 15 is 0 Å². The molecule has 1 atom stereocenters. The van der Waals surface area contributed by atoms with Gasteiger partial charge in [-0.1, -0.05) is 0 Å². The highest BCUT2D eigenvalue weighted by molar-refractivity contribution is 7.91. The Bertz CT molecular complexity index is 418. The van der Waals surface area contributed by atoms with Crippen LogP contribution in [-0.2, 0) is 24.1 Å². The van der Waals surface area contributed by atoms with Gasteiger partial charge in [0.2, 0.25) is 5.91 Å². The van der Waals surface area contributed by atoms with E-state index in [0.29, 0.717) is 39.2 Å². The summed E-state index contributed by atoms with van der Waals surface area (Å²) in [7, 11) is -1.40. The van der Waals surface area contributed by atoms with Crippen molar-refractivity contribution in [2.45, 2.75) is 18.9 Å². The first-order valence-electron chi connectivity index (χ1n) is 6.58. The minimum absolute atomic E-state index is 0.0208. The number of rotatable bonds is 6. The Morgan fingerprint density at radius 3 is 2.63 bits per heavy atom. The SMILES string of the molecule is COCCN(C(=O)CC1COC1)C1CCS(=O)(=O)C1. The van der Waals surface area contributed by atoms with Crippen LogP contribution in [0, 0.1) is 5.92 Å². The number of hydrogen-bond donors (Lipinski definition) is 0. The molecular weight excluding hydrogens is 270 g/mol. The van der Waals surface area contributed by atoms with Crippen molar-refractivity contribution in [3.05, 3.63) is 0 Å². The average Bonchev–Trinajstić information content (AvgIpc) is 2.65. The molecule has 2 fully saturated rings. The van der Waals surface area contributed by atoms with Crippen molar-refractivity contribution in [3.8, 4) is 0 Å². The van der Waals surface area contributed by atoms with E-state index in [0.717, 1.165) is 0 Å². The number of hydrogen-bond acceptors (Lipinski definition) is 5. The zero-order valence-corrected chi connectivity index (χ0v) is 12.0. The third-order valence-electron chi connectivity index (χ3n) is 3.68. The molecule has 2 saturated heterocycles. The van der Waals surface area contributed by atoms with Crippen LogP contribution in [0.1, 0.15) is 12.8 Å². The lowest BCUT2D eigenvalue weighted by atomic mass is 10.0. The molecule has 2 aliphatic rings. The molecule has 1 amide bonds. The fourth-order valence-corrected chi connectivity index (χ4v) is 4.22. The van der Waals surface area contributed by atoms with Crippen LogP contribution in [0.2, 0.25) is 0 Å². The summed E-state index contributed by atoms with van der Waals surface area (Å²) in [6, 6.07) is -0.186. The summed E-state index contributed by atoms with van der Waals surface area (Å²) in [5.74, 6) is 0.577. The van der Waals surface area contributed by atoms with Crippen LogP contribution in [0.3, 0.4) is 0 Å². The van der Waals surface area contributed by atoms with Gasteiger partial charge in [-0.05, 0) is 6.42 Å². The molecule has 0 aromatic carbocycles. The maximum Gasteiger partial charge on any atom is 0.223 e. The molecule has 0 N–H and O–H groups in total. The van der Waals surface area contributed by atoms with Crippen LogP contribution in [0.5, 0.6) is 0 Å². The highest BCUT2D eigenvalue weighted by atomic mass is 32.2. The van der Waals surface area contributed by atoms with Gasteiger partial charge < -0.3 is 14.4 Å². The van der Waals surface area contributed by atoms with Crippen molar-refractivity contribution < 1.29 is 22.7 Å². The Morgan fingerprint density at radius 2 is 2.16 bits per heavy atom. The molecule has 0 aromatic heterocycles. The van der Waals surface area contributed by atoms with Crippen molar-refractivity contribution in [1.29, 1.82) is 0 Å². The normalized spacial score (nSPS) is 26.1. The third kappa shape index (κ3) is 3.90. The predicted octanol–water partition coefficient (Wildman–Crippen LogP) is -0.315. The van der Waals surface area contributed by atoms with Gasteiger partial charge in [-0.15, -0.1) is 0 Å². The minimum Gasteiger partial charge on any atom is -0.383 e. The van der Waals surface area contributed by atoms with E-state index < -0.39 is 9.84 Å². The van der Waals surface area contributed by atoms with Crippen molar-refractivity contribution >= 4 is 15.7 Å². The Morgan fingerprint density at radius 1 is 1.42 bits per heavy atom. The van der Waals surface area contributed by atoms with Crippen LogP contribution in [0.4, 0.5) is 0 Å². The van der Waals surface area contributed by atoms with E-state index in [1.165, 1.54) is 0 Å². The molecule has 0 saturated carbocycles. The summed E-state index contributed by atoms with van der Waals surface area (Å²) in [6.07, 6.45) is 0.985. The highest BCUT2D eigenvalue weighted by Gasteiger charge is 2.35. The van der Waals surface area contributed by atoms with Gasteiger partial charge in [0.05, 0.1) is 31.3 Å². The molecule has 2 aliphatic heterocycles. The first-order chi connectivity index (χ1) is 9.02. The van der Waals surface area contributed by atoms with Gasteiger partial charge in [0.25, 0.3) is 0 Å². The summed E-state index contributed by atoms with van der Waals surface area (Å²) in [5, 5.41) is 0. The molecule has 2 rings (SSSR count). The van der Waals surface area contributed by atoms with Crippen molar-refractivity contribution in [1.82, 2.24) is 4.90 Å². The van der Waals surface area contributed by atoms with E-state index in [-0.39, 0.29) is 29.4 Å². The molecule has 2 heterocycles. The maximum absolute atomic E-state index is 12.3. The zero-order chi connectivity index (χ0) is 13.9. The first kappa shape index (κ1) is 14.7. The van der Waals surface area contributed by atoms with Gasteiger partial charge in [-0.25, -0.2) is 8.42 Å². The number of sulfone groups is 1. The second-order valence-corrected chi connectivity index (χ2v) is 7.47. The quantitative estimate of drug-likeness (QED) is 0.671. The van der Waals surface area contributed by atoms with Gasteiger partial charge >= 0.3 is 0 Å². The summed E-state index contributed by atoms with van der Waals surface area (Å²) < 4.78 is 33.2. The van der Waals surface area contributed by atoms with E-state index in [4.69, 9.17) is 9.47 Å². The van der Waals surface area contributed by atoms with E-state index in [1.54, 1.807) is 12.0 Å². The predicted molar refractivity (Wildman–Crippen MR) is 69.6 cm³/mol. The Hall–Kier alpha value is -0.660. The second kappa shape index (κ2) is 6.19. The molecule has 19 heavy (non-hydrogen) atoms. The molecule has 0 radical (unpaired) electrons. The van der Waals surface area contributed by atoms with Crippen molar-refractivity contribution in [3.63, 3.8) is 0 Å². The van der Waals surface area contributed by atoms with Gasteiger partial charge in [-0.2, -0.15) is 0 Å². The Balaban J connectivity index is 1.96. The van der Waals surface area contributed by atoms with Gasteiger partial charge in [0.1, 0.15) is 0 Å². The largest absolute Gasteiger partial charge is 0.383 e. The topological polar surface area (TPSA) is 72.9 Å². The molecule has 0 aromatic rings. The standard InChI is InChI=1S/C12H21NO5S/c1-17-4-3-13(11-2-5-19(15,16)9-11)12(14)6-10-7-18-8-10/h10-11H,2-9H2,1H3. The maximum atomic E-state index is 12.3. The van der Waals surface area contributed by atoms with Crippen LogP contribution in [0.15, 0.2) is 0 Å². The number of nitrogens with zero attached hydrogens (tertiary/aromatic N) is 1. The van der Waals surface area contributed by atoms with E-state index in [9.17, 15) is 13.2 Å². The fourth-order valence-electron chi connectivity index (χ4n) is 2.49. The lowest BCUT2D eigenvalue weighted by Crippen LogP contribution is -2.45. The van der Waals surface area contributed by atoms with Crippen LogP contribution in [-0.4, -0.2) is 70.2 Å². The molecule has 0 bridgehead atoms. The average molecular weight is 291 g/mol. The fraction of sp³-hybridized carbons (Fsp3) is 0.917. The monoisotopic (exact) mass is 291 g/mol. The molecule has 1 unspecified atom stereocenters. The lowest BCUT2D eigenvalue weighted by molar-refractivity contribution is -0.139. The molecule has 0 spiro atoms. The molecule has 0 aliphatic carbocycles. The third-order valence-corrected chi connectivity index (χ3v) is 5.43. The number of carbonyl (C=O) groups is 1. The Labute approximate surface area is 114 Å². The first-order valence-corrected chi connectivity index (χ1v) is 8.40. The van der Waals surface area contributed by atoms with Gasteiger partial charge in [0.15, 0.2) is 9.84 Å². The van der Waals surface area contributed by atoms with Crippen LogP contribution < -0.4 is 0 Å². The highest BCUT2D eigenvalue weighted by Crippen LogP contribution is 2.21. The number of ether oxygens (including phenoxy) is 2. The minimum atomic E-state index is -2.98. The smallest absolute Gasteiger partial charge is 0.223 e. The second-order valence-electron chi connectivity index (χ2n) is 5.24. The van der Waals surface area contributed by atoms with E-state index in [2.05, 4.69) is 0 Å². The van der Waals surface area contributed by atoms with Crippen LogP contribution in [0.25, 0.3) is 0 Å². The van der Waals surface area contributed by atoms with E-state index in [1.807, 2.05) is 0 Å². The number of carbonyl (C=O) groups excluding carboxylic acids is 1. The molecular formula is C12H21NO5S. The van der Waals surface area contributed by atoms with Gasteiger partial charge in [-0.3, -0.25) is 4.79 Å². The Kier molecular flexibility index (Phi) is 4.81. The van der Waals surface area contributed by atoms with Crippen molar-refractivity contribution in [2.75, 3.05) is 45.0 Å². The number of methoxy groups -OCH3 is 1. The summed E-state index contributed by atoms with van der Waals surface area (Å²) in [4.78, 5) is 14.0. The van der Waals surface area contributed by atoms with Gasteiger partial charge in [0, 0.05) is 32.0 Å². The number of amides is 1. The molecule has 7 heteroatoms. The van der Waals surface area contributed by atoms with Crippen molar-refractivity contribution in [2.24, 2.45) is 5.92 Å². The van der Waals surface area contributed by atoms with Crippen LogP contribution >= 0.6 is 0 Å². The summed E-state index contributed by atoms with van der Waals surface area (Å²) in [5.41, 5.74) is 0. The summed E-state index contributed by atoms with van der Waals surface area (Å²) >= 11 is 0. The molecule has 6 nitrogen and oxygen atoms in total. The lowest BCUT2D eigenvalue weighted by Gasteiger charge is -2.32. The summed E-state index contributed by atoms with van der Waals surface area (Å²) in [6.45, 7) is 2.16.